The van der Waals surface area contributed by atoms with Crippen molar-refractivity contribution in [1.82, 2.24) is 19.6 Å². The van der Waals surface area contributed by atoms with Crippen molar-refractivity contribution in [2.45, 2.75) is 13.8 Å². The van der Waals surface area contributed by atoms with E-state index in [1.54, 1.807) is 24.4 Å². The molecule has 0 bridgehead atoms. The Kier molecular flexibility index (Phi) is 5.28. The van der Waals surface area contributed by atoms with Gasteiger partial charge in [-0.2, -0.15) is 0 Å². The van der Waals surface area contributed by atoms with Crippen LogP contribution in [0.3, 0.4) is 0 Å². The molecule has 3 rings (SSSR count). The average Bonchev–Trinajstić information content (AvgIpc) is 3.02. The molecule has 27 heavy (non-hydrogen) atoms. The third kappa shape index (κ3) is 4.71. The molecule has 2 aromatic heterocycles. The molecule has 0 fully saturated rings. The van der Waals surface area contributed by atoms with Gasteiger partial charge >= 0.3 is 0 Å². The van der Waals surface area contributed by atoms with Gasteiger partial charge in [-0.1, -0.05) is 13.8 Å². The van der Waals surface area contributed by atoms with E-state index >= 15 is 0 Å². The number of nitrogens with one attached hydrogen (secondary N) is 1. The van der Waals surface area contributed by atoms with Crippen LogP contribution < -0.4 is 5.32 Å². The first kappa shape index (κ1) is 19.0. The highest BCUT2D eigenvalue weighted by molar-refractivity contribution is 5.94. The summed E-state index contributed by atoms with van der Waals surface area (Å²) in [6.07, 6.45) is 3.61. The van der Waals surface area contributed by atoms with Crippen LogP contribution in [0.4, 0.5) is 4.39 Å². The van der Waals surface area contributed by atoms with Crippen LogP contribution in [0.15, 0.2) is 48.8 Å². The van der Waals surface area contributed by atoms with E-state index in [-0.39, 0.29) is 17.1 Å². The highest BCUT2D eigenvalue weighted by Gasteiger charge is 2.20. The lowest BCUT2D eigenvalue weighted by molar-refractivity contribution is 0.0929. The van der Waals surface area contributed by atoms with Gasteiger partial charge in [-0.3, -0.25) is 4.79 Å². The number of carbonyl (C=O) groups excluding carboxylic acids is 1. The minimum atomic E-state index is -0.279. The Morgan fingerprint density at radius 2 is 1.85 bits per heavy atom. The van der Waals surface area contributed by atoms with Gasteiger partial charge in [-0.05, 0) is 55.9 Å². The minimum Gasteiger partial charge on any atom is -0.351 e. The van der Waals surface area contributed by atoms with E-state index in [1.165, 1.54) is 12.1 Å². The molecule has 6 heteroatoms. The summed E-state index contributed by atoms with van der Waals surface area (Å²) in [5, 5.41) is 3.01. The smallest absolute Gasteiger partial charge is 0.252 e. The Morgan fingerprint density at radius 1 is 1.15 bits per heavy atom. The van der Waals surface area contributed by atoms with Gasteiger partial charge in [0.25, 0.3) is 5.91 Å². The van der Waals surface area contributed by atoms with Crippen molar-refractivity contribution in [1.29, 1.82) is 0 Å². The molecule has 0 aliphatic heterocycles. The number of imidazole rings is 1. The molecule has 0 aliphatic rings. The molecule has 0 saturated heterocycles. The van der Waals surface area contributed by atoms with Crippen molar-refractivity contribution in [3.63, 3.8) is 0 Å². The molecule has 0 atom stereocenters. The zero-order chi connectivity index (χ0) is 19.6. The lowest BCUT2D eigenvalue weighted by atomic mass is 9.93. The molecule has 0 aliphatic carbocycles. The van der Waals surface area contributed by atoms with Crippen molar-refractivity contribution >= 4 is 11.6 Å². The van der Waals surface area contributed by atoms with E-state index < -0.39 is 0 Å². The van der Waals surface area contributed by atoms with Gasteiger partial charge in [-0.15, -0.1) is 0 Å². The number of benzene rings is 1. The molecular weight excluding hydrogens is 343 g/mol. The van der Waals surface area contributed by atoms with Crippen LogP contribution in [0, 0.1) is 11.2 Å². The fourth-order valence-corrected chi connectivity index (χ4v) is 3.22. The number of rotatable bonds is 6. The van der Waals surface area contributed by atoms with Crippen molar-refractivity contribution in [2.24, 2.45) is 5.41 Å². The number of nitrogens with zero attached hydrogens (tertiary/aromatic N) is 3. The van der Waals surface area contributed by atoms with Crippen LogP contribution >= 0.6 is 0 Å². The SMILES string of the molecule is CN(C)CC(C)(C)CNC(=O)c1ccc2nc(-c3ccc(F)cc3)cn2c1. The quantitative estimate of drug-likeness (QED) is 0.725. The van der Waals surface area contributed by atoms with Gasteiger partial charge in [0.2, 0.25) is 0 Å². The molecule has 3 aromatic rings. The zero-order valence-corrected chi connectivity index (χ0v) is 16.2. The van der Waals surface area contributed by atoms with Crippen LogP contribution in [-0.4, -0.2) is 47.4 Å². The largest absolute Gasteiger partial charge is 0.351 e. The summed E-state index contributed by atoms with van der Waals surface area (Å²) in [5.74, 6) is -0.389. The van der Waals surface area contributed by atoms with Crippen LogP contribution in [0.25, 0.3) is 16.9 Å². The van der Waals surface area contributed by atoms with E-state index in [0.717, 1.165) is 23.4 Å². The van der Waals surface area contributed by atoms with Crippen molar-refractivity contribution in [3.05, 3.63) is 60.2 Å². The second-order valence-corrected chi connectivity index (χ2v) is 7.90. The number of aromatic nitrogens is 2. The van der Waals surface area contributed by atoms with Crippen LogP contribution in [0.1, 0.15) is 24.2 Å². The molecule has 1 aromatic carbocycles. The third-order valence-corrected chi connectivity index (χ3v) is 4.32. The monoisotopic (exact) mass is 368 g/mol. The Morgan fingerprint density at radius 3 is 2.52 bits per heavy atom. The van der Waals surface area contributed by atoms with Crippen molar-refractivity contribution < 1.29 is 9.18 Å². The highest BCUT2D eigenvalue weighted by atomic mass is 19.1. The first-order chi connectivity index (χ1) is 12.7. The van der Waals surface area contributed by atoms with E-state index in [4.69, 9.17) is 0 Å². The summed E-state index contributed by atoms with van der Waals surface area (Å²) in [5.41, 5.74) is 2.86. The molecule has 2 heterocycles. The summed E-state index contributed by atoms with van der Waals surface area (Å²) < 4.78 is 14.9. The second kappa shape index (κ2) is 7.48. The van der Waals surface area contributed by atoms with E-state index in [1.807, 2.05) is 30.8 Å². The molecule has 142 valence electrons. The standard InChI is InChI=1S/C21H25FN4O/c1-21(2,14-25(3)4)13-23-20(27)16-7-10-19-24-18(12-26(19)11-16)15-5-8-17(22)9-6-15/h5-12H,13-14H2,1-4H3,(H,23,27). The number of amides is 1. The number of carbonyl (C=O) groups is 1. The van der Waals surface area contributed by atoms with Gasteiger partial charge in [0.1, 0.15) is 11.5 Å². The van der Waals surface area contributed by atoms with Gasteiger partial charge in [0, 0.05) is 31.0 Å². The average molecular weight is 368 g/mol. The first-order valence-electron chi connectivity index (χ1n) is 8.91. The maximum atomic E-state index is 13.1. The lowest BCUT2D eigenvalue weighted by Crippen LogP contribution is -2.40. The van der Waals surface area contributed by atoms with Crippen molar-refractivity contribution in [2.75, 3.05) is 27.2 Å². The fourth-order valence-electron chi connectivity index (χ4n) is 3.22. The molecule has 0 spiro atoms. The zero-order valence-electron chi connectivity index (χ0n) is 16.2. The Bertz CT molecular complexity index is 944. The summed E-state index contributed by atoms with van der Waals surface area (Å²) in [7, 11) is 4.05. The summed E-state index contributed by atoms with van der Waals surface area (Å²) >= 11 is 0. The summed E-state index contributed by atoms with van der Waals surface area (Å²) in [6, 6.07) is 9.79. The normalized spacial score (nSPS) is 11.9. The topological polar surface area (TPSA) is 49.6 Å². The van der Waals surface area contributed by atoms with Gasteiger partial charge < -0.3 is 14.6 Å². The van der Waals surface area contributed by atoms with E-state index in [0.29, 0.717) is 12.1 Å². The fraction of sp³-hybridized carbons (Fsp3) is 0.333. The Labute approximate surface area is 158 Å². The molecule has 0 radical (unpaired) electrons. The molecule has 1 N–H and O–H groups in total. The minimum absolute atomic E-state index is 0.0198. The lowest BCUT2D eigenvalue weighted by Gasteiger charge is -2.28. The van der Waals surface area contributed by atoms with Crippen molar-refractivity contribution in [3.8, 4) is 11.3 Å². The molecule has 0 saturated carbocycles. The number of hydrogen-bond donors (Lipinski definition) is 1. The third-order valence-electron chi connectivity index (χ3n) is 4.32. The number of halogens is 1. The van der Waals surface area contributed by atoms with Crippen LogP contribution in [-0.2, 0) is 0 Å². The summed E-state index contributed by atoms with van der Waals surface area (Å²) in [4.78, 5) is 19.2. The Balaban J connectivity index is 1.76. The van der Waals surface area contributed by atoms with Crippen LogP contribution in [0.5, 0.6) is 0 Å². The van der Waals surface area contributed by atoms with E-state index in [9.17, 15) is 9.18 Å². The maximum absolute atomic E-state index is 13.1. The molecular formula is C21H25FN4O. The highest BCUT2D eigenvalue weighted by Crippen LogP contribution is 2.20. The number of pyridine rings is 1. The predicted octanol–water partition coefficient (Wildman–Crippen LogP) is 3.46. The molecule has 5 nitrogen and oxygen atoms in total. The van der Waals surface area contributed by atoms with Gasteiger partial charge in [-0.25, -0.2) is 9.37 Å². The molecule has 0 unspecified atom stereocenters. The summed E-state index contributed by atoms with van der Waals surface area (Å²) in [6.45, 7) is 5.73. The maximum Gasteiger partial charge on any atom is 0.252 e. The first-order valence-corrected chi connectivity index (χ1v) is 8.91. The number of hydrogen-bond acceptors (Lipinski definition) is 3. The van der Waals surface area contributed by atoms with E-state index in [2.05, 4.69) is 29.0 Å². The molecule has 1 amide bonds. The Hall–Kier alpha value is -2.73. The van der Waals surface area contributed by atoms with Gasteiger partial charge in [0.05, 0.1) is 11.3 Å². The predicted molar refractivity (Wildman–Crippen MR) is 105 cm³/mol. The van der Waals surface area contributed by atoms with Crippen LogP contribution in [0.2, 0.25) is 0 Å². The van der Waals surface area contributed by atoms with Gasteiger partial charge in [0.15, 0.2) is 0 Å². The number of fused-ring (bicyclic) bond motifs is 1. The second-order valence-electron chi connectivity index (χ2n) is 7.90.